The van der Waals surface area contributed by atoms with Crippen LogP contribution in [0.4, 0.5) is 0 Å². The van der Waals surface area contributed by atoms with Gasteiger partial charge in [-0.1, -0.05) is 4.40 Å². The second kappa shape index (κ2) is 4.70. The van der Waals surface area contributed by atoms with Crippen molar-refractivity contribution < 1.29 is 4.55 Å². The monoisotopic (exact) mass is 264 g/mol. The Balaban J connectivity index is 2.27. The van der Waals surface area contributed by atoms with Crippen LogP contribution in [0.15, 0.2) is 22.9 Å². The SMILES string of the molecule is Cn1ncc2cnc(C=N[S+]([O-])C(C)(C)C)cc21. The summed E-state index contributed by atoms with van der Waals surface area (Å²) in [4.78, 5) is 4.24. The van der Waals surface area contributed by atoms with E-state index in [1.165, 1.54) is 0 Å². The van der Waals surface area contributed by atoms with Crippen LogP contribution in [0.5, 0.6) is 0 Å². The van der Waals surface area contributed by atoms with Gasteiger partial charge in [0.05, 0.1) is 17.4 Å². The molecule has 0 aromatic carbocycles. The lowest BCUT2D eigenvalue weighted by atomic mass is 10.3. The van der Waals surface area contributed by atoms with Crippen LogP contribution in [-0.4, -0.2) is 30.3 Å². The molecule has 0 fully saturated rings. The van der Waals surface area contributed by atoms with E-state index in [0.29, 0.717) is 5.69 Å². The van der Waals surface area contributed by atoms with Gasteiger partial charge in [0.15, 0.2) is 0 Å². The minimum Gasteiger partial charge on any atom is -0.591 e. The summed E-state index contributed by atoms with van der Waals surface area (Å²) in [6.45, 7) is 5.66. The molecule has 0 spiro atoms. The number of aromatic nitrogens is 3. The van der Waals surface area contributed by atoms with E-state index in [9.17, 15) is 4.55 Å². The van der Waals surface area contributed by atoms with Crippen molar-refractivity contribution in [2.45, 2.75) is 25.5 Å². The highest BCUT2D eigenvalue weighted by molar-refractivity contribution is 7.91. The second-order valence-corrected chi connectivity index (χ2v) is 6.97. The zero-order valence-electron chi connectivity index (χ0n) is 10.9. The first-order chi connectivity index (χ1) is 8.38. The number of pyridine rings is 1. The Morgan fingerprint density at radius 1 is 1.39 bits per heavy atom. The van der Waals surface area contributed by atoms with Crippen LogP contribution in [0.25, 0.3) is 10.9 Å². The van der Waals surface area contributed by atoms with Crippen molar-refractivity contribution in [3.63, 3.8) is 0 Å². The molecular weight excluding hydrogens is 248 g/mol. The van der Waals surface area contributed by atoms with Gasteiger partial charge in [0.2, 0.25) is 0 Å². The zero-order chi connectivity index (χ0) is 13.3. The van der Waals surface area contributed by atoms with Crippen LogP contribution >= 0.6 is 0 Å². The molecule has 2 rings (SSSR count). The molecule has 0 aliphatic carbocycles. The quantitative estimate of drug-likeness (QED) is 0.614. The molecule has 0 radical (unpaired) electrons. The van der Waals surface area contributed by atoms with E-state index < -0.39 is 11.4 Å². The van der Waals surface area contributed by atoms with Crippen molar-refractivity contribution in [1.29, 1.82) is 0 Å². The number of aryl methyl sites for hydroxylation is 1. The van der Waals surface area contributed by atoms with Gasteiger partial charge in [-0.3, -0.25) is 9.67 Å². The van der Waals surface area contributed by atoms with Crippen LogP contribution < -0.4 is 0 Å². The fraction of sp³-hybridized carbons (Fsp3) is 0.417. The molecule has 96 valence electrons. The molecule has 1 atom stereocenters. The number of hydrogen-bond donors (Lipinski definition) is 0. The molecule has 0 saturated heterocycles. The van der Waals surface area contributed by atoms with Crippen molar-refractivity contribution in [1.82, 2.24) is 14.8 Å². The second-order valence-electron chi connectivity index (χ2n) is 5.03. The zero-order valence-corrected chi connectivity index (χ0v) is 11.7. The molecule has 0 bridgehead atoms. The average Bonchev–Trinajstić information content (AvgIpc) is 2.66. The van der Waals surface area contributed by atoms with E-state index in [0.717, 1.165) is 10.9 Å². The molecule has 6 heteroatoms. The Labute approximate surface area is 109 Å². The predicted molar refractivity (Wildman–Crippen MR) is 74.0 cm³/mol. The molecule has 0 amide bonds. The minimum absolute atomic E-state index is 0.354. The van der Waals surface area contributed by atoms with Crippen molar-refractivity contribution in [3.05, 3.63) is 24.2 Å². The first-order valence-electron chi connectivity index (χ1n) is 5.62. The summed E-state index contributed by atoms with van der Waals surface area (Å²) in [6, 6.07) is 1.88. The van der Waals surface area contributed by atoms with Crippen LogP contribution in [0.2, 0.25) is 0 Å². The molecule has 2 aromatic heterocycles. The summed E-state index contributed by atoms with van der Waals surface area (Å²) in [7, 11) is 1.87. The molecule has 0 aliphatic heterocycles. The van der Waals surface area contributed by atoms with Gasteiger partial charge in [0.25, 0.3) is 0 Å². The van der Waals surface area contributed by atoms with Gasteiger partial charge in [0.1, 0.15) is 22.3 Å². The van der Waals surface area contributed by atoms with Gasteiger partial charge >= 0.3 is 0 Å². The van der Waals surface area contributed by atoms with Gasteiger partial charge < -0.3 is 4.55 Å². The number of rotatable bonds is 2. The topological polar surface area (TPSA) is 66.1 Å². The van der Waals surface area contributed by atoms with Crippen molar-refractivity contribution >= 4 is 28.5 Å². The van der Waals surface area contributed by atoms with Gasteiger partial charge in [-0.25, -0.2) is 0 Å². The maximum Gasteiger partial charge on any atom is 0.144 e. The molecule has 5 nitrogen and oxygen atoms in total. The molecule has 2 heterocycles. The molecule has 0 saturated carbocycles. The van der Waals surface area contributed by atoms with Crippen LogP contribution in [0.3, 0.4) is 0 Å². The highest BCUT2D eigenvalue weighted by Gasteiger charge is 2.25. The maximum atomic E-state index is 11.8. The number of fused-ring (bicyclic) bond motifs is 1. The lowest BCUT2D eigenvalue weighted by Crippen LogP contribution is -2.25. The summed E-state index contributed by atoms with van der Waals surface area (Å²) in [6.07, 6.45) is 5.05. The van der Waals surface area contributed by atoms with E-state index in [1.54, 1.807) is 23.3 Å². The smallest absolute Gasteiger partial charge is 0.144 e. The van der Waals surface area contributed by atoms with E-state index in [1.807, 2.05) is 33.9 Å². The number of nitrogens with zero attached hydrogens (tertiary/aromatic N) is 4. The summed E-state index contributed by atoms with van der Waals surface area (Å²) >= 11 is -1.26. The van der Waals surface area contributed by atoms with Gasteiger partial charge in [-0.2, -0.15) is 5.10 Å². The third-order valence-corrected chi connectivity index (χ3v) is 3.80. The average molecular weight is 264 g/mol. The lowest BCUT2D eigenvalue weighted by Gasteiger charge is -2.17. The van der Waals surface area contributed by atoms with Gasteiger partial charge in [0, 0.05) is 18.6 Å². The normalized spacial score (nSPS) is 14.5. The molecular formula is C12H16N4OS. The highest BCUT2D eigenvalue weighted by atomic mass is 32.2. The van der Waals surface area contributed by atoms with Gasteiger partial charge in [-0.15, -0.1) is 0 Å². The largest absolute Gasteiger partial charge is 0.591 e. The first-order valence-corrected chi connectivity index (χ1v) is 6.72. The Hall–Kier alpha value is -1.40. The van der Waals surface area contributed by atoms with Crippen molar-refractivity contribution in [3.8, 4) is 0 Å². The van der Waals surface area contributed by atoms with Crippen molar-refractivity contribution in [2.75, 3.05) is 0 Å². The first kappa shape index (κ1) is 13.0. The Bertz CT molecular complexity index is 585. The van der Waals surface area contributed by atoms with Crippen molar-refractivity contribution in [2.24, 2.45) is 11.4 Å². The van der Waals surface area contributed by atoms with Crippen LogP contribution in [0.1, 0.15) is 26.5 Å². The summed E-state index contributed by atoms with van der Waals surface area (Å²) in [5, 5.41) is 5.12. The summed E-state index contributed by atoms with van der Waals surface area (Å²) in [5.74, 6) is 0. The van der Waals surface area contributed by atoms with E-state index in [2.05, 4.69) is 14.5 Å². The third kappa shape index (κ3) is 2.70. The van der Waals surface area contributed by atoms with E-state index in [-0.39, 0.29) is 4.75 Å². The summed E-state index contributed by atoms with van der Waals surface area (Å²) < 4.78 is 17.2. The predicted octanol–water partition coefficient (Wildman–Crippen LogP) is 1.85. The van der Waals surface area contributed by atoms with Crippen LogP contribution in [-0.2, 0) is 18.4 Å². The Kier molecular flexibility index (Phi) is 3.41. The third-order valence-electron chi connectivity index (χ3n) is 2.46. The standard InChI is InChI=1S/C12H16N4OS/c1-12(2,3)18(17)15-8-10-5-11-9(6-13-10)7-14-16(11)4/h5-8H,1-4H3. The molecule has 2 aromatic rings. The maximum absolute atomic E-state index is 11.8. The van der Waals surface area contributed by atoms with E-state index >= 15 is 0 Å². The number of hydrogen-bond acceptors (Lipinski definition) is 4. The molecule has 0 aliphatic rings. The molecule has 0 N–H and O–H groups in total. The summed E-state index contributed by atoms with van der Waals surface area (Å²) in [5.41, 5.74) is 1.66. The Morgan fingerprint density at radius 3 is 2.78 bits per heavy atom. The fourth-order valence-electron chi connectivity index (χ4n) is 1.39. The van der Waals surface area contributed by atoms with Gasteiger partial charge in [-0.05, 0) is 26.8 Å². The Morgan fingerprint density at radius 2 is 2.11 bits per heavy atom. The van der Waals surface area contributed by atoms with Crippen LogP contribution in [0, 0.1) is 0 Å². The molecule has 1 unspecified atom stereocenters. The fourth-order valence-corrected chi connectivity index (χ4v) is 1.91. The highest BCUT2D eigenvalue weighted by Crippen LogP contribution is 2.17. The van der Waals surface area contributed by atoms with E-state index in [4.69, 9.17) is 0 Å². The molecule has 18 heavy (non-hydrogen) atoms. The minimum atomic E-state index is -1.26. The lowest BCUT2D eigenvalue weighted by molar-refractivity contribution is 0.562.